The van der Waals surface area contributed by atoms with Crippen molar-refractivity contribution in [3.05, 3.63) is 95.1 Å². The van der Waals surface area contributed by atoms with Gasteiger partial charge in [-0.25, -0.2) is 9.59 Å². The van der Waals surface area contributed by atoms with E-state index in [1.807, 2.05) is 24.3 Å². The number of nitrogens with one attached hydrogen (secondary N) is 2. The smallest absolute Gasteiger partial charge is 0.407 e. The Morgan fingerprint density at radius 3 is 2.03 bits per heavy atom. The Kier molecular flexibility index (Phi) is 6.69. The van der Waals surface area contributed by atoms with E-state index in [1.54, 1.807) is 12.1 Å². The monoisotopic (exact) mass is 444 g/mol. The molecule has 0 fully saturated rings. The molecule has 0 aliphatic heterocycles. The third kappa shape index (κ3) is 5.20. The lowest BCUT2D eigenvalue weighted by molar-refractivity contribution is -0.121. The zero-order valence-electron chi connectivity index (χ0n) is 17.9. The van der Waals surface area contributed by atoms with Crippen LogP contribution in [0.25, 0.3) is 11.1 Å². The van der Waals surface area contributed by atoms with Crippen LogP contribution < -0.4 is 10.6 Å². The molecule has 0 unspecified atom stereocenters. The lowest BCUT2D eigenvalue weighted by Gasteiger charge is -2.14. The molecule has 3 aromatic carbocycles. The van der Waals surface area contributed by atoms with Crippen molar-refractivity contribution in [2.45, 2.75) is 18.9 Å². The largest absolute Gasteiger partial charge is 0.478 e. The molecule has 7 heteroatoms. The van der Waals surface area contributed by atoms with E-state index < -0.39 is 12.1 Å². The van der Waals surface area contributed by atoms with Gasteiger partial charge in [0.1, 0.15) is 6.61 Å². The third-order valence-electron chi connectivity index (χ3n) is 5.66. The van der Waals surface area contributed by atoms with E-state index in [9.17, 15) is 14.4 Å². The van der Waals surface area contributed by atoms with Crippen molar-refractivity contribution in [3.8, 4) is 11.1 Å². The first kappa shape index (κ1) is 22.1. The van der Waals surface area contributed by atoms with Gasteiger partial charge in [-0.2, -0.15) is 0 Å². The van der Waals surface area contributed by atoms with E-state index in [2.05, 4.69) is 34.9 Å². The maximum atomic E-state index is 12.2. The number of carboxylic acids is 1. The summed E-state index contributed by atoms with van der Waals surface area (Å²) >= 11 is 0. The Morgan fingerprint density at radius 1 is 0.818 bits per heavy atom. The van der Waals surface area contributed by atoms with Gasteiger partial charge in [-0.1, -0.05) is 60.7 Å². The number of carbonyl (C=O) groups is 3. The molecule has 0 aromatic heterocycles. The van der Waals surface area contributed by atoms with Gasteiger partial charge < -0.3 is 20.5 Å². The Bertz CT molecular complexity index is 1130. The SMILES string of the molecule is O=C(CCNC(=O)OCC1c2ccccc2-c2ccccc21)NCc1ccc(C(=O)O)cc1. The van der Waals surface area contributed by atoms with Gasteiger partial charge in [0, 0.05) is 25.4 Å². The number of hydrogen-bond acceptors (Lipinski definition) is 4. The third-order valence-corrected chi connectivity index (χ3v) is 5.66. The highest BCUT2D eigenvalue weighted by atomic mass is 16.5. The number of aromatic carboxylic acids is 1. The second-order valence-electron chi connectivity index (χ2n) is 7.78. The zero-order chi connectivity index (χ0) is 23.2. The van der Waals surface area contributed by atoms with Crippen molar-refractivity contribution in [2.75, 3.05) is 13.2 Å². The fourth-order valence-corrected chi connectivity index (χ4v) is 3.98. The predicted octanol–water partition coefficient (Wildman–Crippen LogP) is 3.93. The Labute approximate surface area is 191 Å². The zero-order valence-corrected chi connectivity index (χ0v) is 17.9. The molecule has 2 amide bonds. The highest BCUT2D eigenvalue weighted by molar-refractivity contribution is 5.87. The Balaban J connectivity index is 1.20. The van der Waals surface area contributed by atoms with Gasteiger partial charge in [-0.3, -0.25) is 4.79 Å². The van der Waals surface area contributed by atoms with Crippen LogP contribution in [0.2, 0.25) is 0 Å². The lowest BCUT2D eigenvalue weighted by atomic mass is 9.98. The number of fused-ring (bicyclic) bond motifs is 3. The Morgan fingerprint density at radius 2 is 1.42 bits per heavy atom. The number of hydrogen-bond donors (Lipinski definition) is 3. The predicted molar refractivity (Wildman–Crippen MR) is 123 cm³/mol. The summed E-state index contributed by atoms with van der Waals surface area (Å²) in [5.74, 6) is -1.24. The average Bonchev–Trinajstić information content (AvgIpc) is 3.15. The number of ether oxygens (including phenoxy) is 1. The molecule has 0 spiro atoms. The van der Waals surface area contributed by atoms with Crippen molar-refractivity contribution in [2.24, 2.45) is 0 Å². The van der Waals surface area contributed by atoms with Crippen molar-refractivity contribution >= 4 is 18.0 Å². The molecule has 0 bridgehead atoms. The number of carbonyl (C=O) groups excluding carboxylic acids is 2. The highest BCUT2D eigenvalue weighted by Gasteiger charge is 2.28. The molecule has 0 heterocycles. The number of alkyl carbamates (subject to hydrolysis) is 1. The minimum Gasteiger partial charge on any atom is -0.478 e. The molecule has 0 atom stereocenters. The normalized spacial score (nSPS) is 11.9. The first-order valence-electron chi connectivity index (χ1n) is 10.7. The van der Waals surface area contributed by atoms with Crippen molar-refractivity contribution in [1.82, 2.24) is 10.6 Å². The van der Waals surface area contributed by atoms with E-state index in [-0.39, 0.29) is 43.5 Å². The topological polar surface area (TPSA) is 105 Å². The maximum absolute atomic E-state index is 12.2. The number of amides is 2. The molecule has 0 radical (unpaired) electrons. The van der Waals surface area contributed by atoms with Crippen LogP contribution in [0.3, 0.4) is 0 Å². The molecule has 1 aliphatic rings. The van der Waals surface area contributed by atoms with Crippen LogP contribution in [0.1, 0.15) is 39.4 Å². The summed E-state index contributed by atoms with van der Waals surface area (Å²) in [6, 6.07) is 22.5. The van der Waals surface area contributed by atoms with Crippen LogP contribution in [-0.2, 0) is 16.1 Å². The van der Waals surface area contributed by atoms with Crippen LogP contribution in [0.15, 0.2) is 72.8 Å². The Hall–Kier alpha value is -4.13. The minimum atomic E-state index is -0.995. The molecule has 1 aliphatic carbocycles. The minimum absolute atomic E-state index is 0.0148. The van der Waals surface area contributed by atoms with Gasteiger partial charge in [-0.15, -0.1) is 0 Å². The summed E-state index contributed by atoms with van der Waals surface area (Å²) in [5, 5.41) is 14.3. The van der Waals surface area contributed by atoms with Crippen LogP contribution in [0, 0.1) is 0 Å². The van der Waals surface area contributed by atoms with Crippen LogP contribution in [0.5, 0.6) is 0 Å². The fraction of sp³-hybridized carbons (Fsp3) is 0.192. The average molecular weight is 444 g/mol. The quantitative estimate of drug-likeness (QED) is 0.488. The standard InChI is InChI=1S/C26H24N2O5/c29-24(28-15-17-9-11-18(12-10-17)25(30)31)13-14-27-26(32)33-16-23-21-7-3-1-5-19(21)20-6-2-4-8-22(20)23/h1-12,23H,13-16H2,(H,27,32)(H,28,29)(H,30,31). The first-order valence-corrected chi connectivity index (χ1v) is 10.7. The van der Waals surface area contributed by atoms with Crippen molar-refractivity contribution < 1.29 is 24.2 Å². The van der Waals surface area contributed by atoms with Crippen molar-refractivity contribution in [3.63, 3.8) is 0 Å². The summed E-state index contributed by atoms with van der Waals surface area (Å²) in [5.41, 5.74) is 5.59. The lowest BCUT2D eigenvalue weighted by Crippen LogP contribution is -2.31. The van der Waals surface area contributed by atoms with Gasteiger partial charge in [-0.05, 0) is 39.9 Å². The van der Waals surface area contributed by atoms with E-state index in [4.69, 9.17) is 9.84 Å². The number of benzene rings is 3. The molecule has 7 nitrogen and oxygen atoms in total. The molecule has 3 N–H and O–H groups in total. The second kappa shape index (κ2) is 9.99. The molecule has 168 valence electrons. The van der Waals surface area contributed by atoms with E-state index in [0.717, 1.165) is 27.8 Å². The van der Waals surface area contributed by atoms with E-state index in [1.165, 1.54) is 12.1 Å². The van der Waals surface area contributed by atoms with Gasteiger partial charge in [0.15, 0.2) is 0 Å². The van der Waals surface area contributed by atoms with E-state index in [0.29, 0.717) is 0 Å². The molecule has 3 aromatic rings. The number of carboxylic acid groups (broad SMARTS) is 1. The van der Waals surface area contributed by atoms with Crippen LogP contribution >= 0.6 is 0 Å². The summed E-state index contributed by atoms with van der Waals surface area (Å²) in [7, 11) is 0. The molecule has 0 saturated heterocycles. The van der Waals surface area contributed by atoms with Gasteiger partial charge >= 0.3 is 12.1 Å². The summed E-state index contributed by atoms with van der Waals surface area (Å²) in [4.78, 5) is 35.0. The molecule has 0 saturated carbocycles. The van der Waals surface area contributed by atoms with Gasteiger partial charge in [0.2, 0.25) is 5.91 Å². The first-order chi connectivity index (χ1) is 16.0. The maximum Gasteiger partial charge on any atom is 0.407 e. The second-order valence-corrected chi connectivity index (χ2v) is 7.78. The summed E-state index contributed by atoms with van der Waals surface area (Å²) in [6.07, 6.45) is -0.453. The van der Waals surface area contributed by atoms with Crippen LogP contribution in [0.4, 0.5) is 4.79 Å². The van der Waals surface area contributed by atoms with Crippen molar-refractivity contribution in [1.29, 1.82) is 0 Å². The molecular weight excluding hydrogens is 420 g/mol. The fourth-order valence-electron chi connectivity index (χ4n) is 3.98. The molecule has 33 heavy (non-hydrogen) atoms. The van der Waals surface area contributed by atoms with Gasteiger partial charge in [0.05, 0.1) is 5.56 Å². The number of rotatable bonds is 8. The highest BCUT2D eigenvalue weighted by Crippen LogP contribution is 2.44. The van der Waals surface area contributed by atoms with Gasteiger partial charge in [0.25, 0.3) is 0 Å². The van der Waals surface area contributed by atoms with E-state index >= 15 is 0 Å². The summed E-state index contributed by atoms with van der Waals surface area (Å²) in [6.45, 7) is 0.655. The summed E-state index contributed by atoms with van der Waals surface area (Å²) < 4.78 is 5.45. The molecule has 4 rings (SSSR count). The molecular formula is C26H24N2O5. The van der Waals surface area contributed by atoms with Crippen LogP contribution in [-0.4, -0.2) is 36.2 Å².